The monoisotopic (exact) mass is 369 g/mol. The Kier molecular flexibility index (Phi) is 3.95. The minimum absolute atomic E-state index is 0.235. The molecule has 0 saturated heterocycles. The molecule has 0 unspecified atom stereocenters. The van der Waals surface area contributed by atoms with Crippen molar-refractivity contribution in [1.82, 2.24) is 20.0 Å². The van der Waals surface area contributed by atoms with E-state index >= 15 is 0 Å². The van der Waals surface area contributed by atoms with Crippen molar-refractivity contribution in [3.05, 3.63) is 64.9 Å². The van der Waals surface area contributed by atoms with Crippen LogP contribution in [0.1, 0.15) is 16.2 Å². The van der Waals surface area contributed by atoms with Gasteiger partial charge in [-0.15, -0.1) is 5.10 Å². The Morgan fingerprint density at radius 1 is 1.16 bits per heavy atom. The van der Waals surface area contributed by atoms with Gasteiger partial charge in [0.25, 0.3) is 5.91 Å². The molecule has 4 aromatic rings. The first-order valence-corrected chi connectivity index (χ1v) is 8.67. The normalized spacial score (nSPS) is 11.0. The van der Waals surface area contributed by atoms with Gasteiger partial charge in [-0.2, -0.15) is 0 Å². The summed E-state index contributed by atoms with van der Waals surface area (Å²) < 4.78 is 2.56. The highest BCUT2D eigenvalue weighted by molar-refractivity contribution is 7.22. The number of halogens is 1. The van der Waals surface area contributed by atoms with Gasteiger partial charge < -0.3 is 0 Å². The highest BCUT2D eigenvalue weighted by Crippen LogP contribution is 2.26. The molecule has 0 fully saturated rings. The van der Waals surface area contributed by atoms with E-state index in [4.69, 9.17) is 11.6 Å². The van der Waals surface area contributed by atoms with Gasteiger partial charge in [0, 0.05) is 0 Å². The molecule has 8 heteroatoms. The number of para-hydroxylation sites is 2. The molecule has 25 heavy (non-hydrogen) atoms. The predicted molar refractivity (Wildman–Crippen MR) is 98.7 cm³/mol. The van der Waals surface area contributed by atoms with E-state index in [0.29, 0.717) is 21.5 Å². The summed E-state index contributed by atoms with van der Waals surface area (Å²) in [5.41, 5.74) is 2.36. The van der Waals surface area contributed by atoms with Crippen LogP contribution in [0.3, 0.4) is 0 Å². The van der Waals surface area contributed by atoms with Crippen molar-refractivity contribution in [2.75, 3.05) is 5.32 Å². The molecular weight excluding hydrogens is 358 g/mol. The highest BCUT2D eigenvalue weighted by Gasteiger charge is 2.19. The predicted octanol–water partition coefficient (Wildman–Crippen LogP) is 4.09. The topological polar surface area (TPSA) is 72.7 Å². The van der Waals surface area contributed by atoms with E-state index in [1.165, 1.54) is 11.3 Å². The van der Waals surface area contributed by atoms with Crippen molar-refractivity contribution >= 4 is 44.2 Å². The van der Waals surface area contributed by atoms with Crippen molar-refractivity contribution < 1.29 is 4.79 Å². The fourth-order valence-electron chi connectivity index (χ4n) is 2.47. The molecule has 2 heterocycles. The van der Waals surface area contributed by atoms with Gasteiger partial charge in [0.15, 0.2) is 10.8 Å². The van der Waals surface area contributed by atoms with Crippen molar-refractivity contribution in [3.8, 4) is 5.69 Å². The van der Waals surface area contributed by atoms with Crippen molar-refractivity contribution in [1.29, 1.82) is 0 Å². The lowest BCUT2D eigenvalue weighted by Gasteiger charge is -2.05. The number of nitrogens with one attached hydrogen (secondary N) is 1. The lowest BCUT2D eigenvalue weighted by atomic mass is 10.3. The van der Waals surface area contributed by atoms with Crippen LogP contribution in [0.25, 0.3) is 15.9 Å². The van der Waals surface area contributed by atoms with Gasteiger partial charge in [0.1, 0.15) is 0 Å². The number of amides is 1. The maximum atomic E-state index is 12.5. The summed E-state index contributed by atoms with van der Waals surface area (Å²) in [6, 6.07) is 15.0. The second-order valence-corrected chi connectivity index (χ2v) is 6.77. The summed E-state index contributed by atoms with van der Waals surface area (Å²) in [5.74, 6) is -0.352. The summed E-state index contributed by atoms with van der Waals surface area (Å²) in [7, 11) is 0. The third-order valence-electron chi connectivity index (χ3n) is 3.70. The Balaban J connectivity index is 1.64. The number of carbonyl (C=O) groups excluding carboxylic acids is 1. The lowest BCUT2D eigenvalue weighted by Crippen LogP contribution is -2.14. The van der Waals surface area contributed by atoms with E-state index in [1.807, 2.05) is 42.5 Å². The molecule has 0 saturated carbocycles. The zero-order chi connectivity index (χ0) is 17.4. The smallest absolute Gasteiger partial charge is 0.279 e. The first kappa shape index (κ1) is 15.7. The number of thiazole rings is 1. The number of anilines is 1. The number of hydrogen-bond donors (Lipinski definition) is 1. The standard InChI is InChI=1S/C17H12ClN5OS/c1-10-15(21-22-23(10)13-8-4-2-6-11(13)18)16(24)20-17-19-12-7-3-5-9-14(12)25-17/h2-9H,1H3,(H,19,20,24). The third-order valence-corrected chi connectivity index (χ3v) is 4.98. The molecule has 124 valence electrons. The van der Waals surface area contributed by atoms with E-state index in [-0.39, 0.29) is 11.6 Å². The minimum Gasteiger partial charge on any atom is -0.296 e. The van der Waals surface area contributed by atoms with Crippen LogP contribution >= 0.6 is 22.9 Å². The Morgan fingerprint density at radius 2 is 1.92 bits per heavy atom. The maximum absolute atomic E-state index is 12.5. The van der Waals surface area contributed by atoms with Gasteiger partial charge >= 0.3 is 0 Å². The number of rotatable bonds is 3. The average Bonchev–Trinajstić information content (AvgIpc) is 3.18. The summed E-state index contributed by atoms with van der Waals surface area (Å²) in [4.78, 5) is 16.9. The maximum Gasteiger partial charge on any atom is 0.279 e. The van der Waals surface area contributed by atoms with Crippen molar-refractivity contribution in [2.45, 2.75) is 6.92 Å². The van der Waals surface area contributed by atoms with Crippen molar-refractivity contribution in [3.63, 3.8) is 0 Å². The second kappa shape index (κ2) is 6.27. The molecule has 0 spiro atoms. The van der Waals surface area contributed by atoms with Crippen LogP contribution in [0.5, 0.6) is 0 Å². The number of nitrogens with zero attached hydrogens (tertiary/aromatic N) is 4. The summed E-state index contributed by atoms with van der Waals surface area (Å²) in [6.45, 7) is 1.77. The molecule has 0 aliphatic carbocycles. The van der Waals surface area contributed by atoms with Crippen LogP contribution in [0, 0.1) is 6.92 Å². The first-order chi connectivity index (χ1) is 12.1. The first-order valence-electron chi connectivity index (χ1n) is 7.47. The number of fused-ring (bicyclic) bond motifs is 1. The zero-order valence-corrected chi connectivity index (χ0v) is 14.7. The number of hydrogen-bond acceptors (Lipinski definition) is 5. The van der Waals surface area contributed by atoms with Gasteiger partial charge in [0.2, 0.25) is 0 Å². The van der Waals surface area contributed by atoms with Gasteiger partial charge in [-0.3, -0.25) is 10.1 Å². The molecule has 6 nitrogen and oxygen atoms in total. The van der Waals surface area contributed by atoms with Crippen LogP contribution in [0.4, 0.5) is 5.13 Å². The van der Waals surface area contributed by atoms with Gasteiger partial charge in [0.05, 0.1) is 26.6 Å². The quantitative estimate of drug-likeness (QED) is 0.590. The molecule has 2 aromatic heterocycles. The summed E-state index contributed by atoms with van der Waals surface area (Å²) in [6.07, 6.45) is 0. The lowest BCUT2D eigenvalue weighted by molar-refractivity contribution is 0.102. The molecule has 0 aliphatic heterocycles. The van der Waals surface area contributed by atoms with Gasteiger partial charge in [-0.05, 0) is 31.2 Å². The van der Waals surface area contributed by atoms with E-state index in [1.54, 1.807) is 17.7 Å². The van der Waals surface area contributed by atoms with Crippen LogP contribution < -0.4 is 5.32 Å². The van der Waals surface area contributed by atoms with E-state index in [9.17, 15) is 4.79 Å². The summed E-state index contributed by atoms with van der Waals surface area (Å²) >= 11 is 7.61. The van der Waals surface area contributed by atoms with Crippen LogP contribution in [0.15, 0.2) is 48.5 Å². The fraction of sp³-hybridized carbons (Fsp3) is 0.0588. The molecule has 0 atom stereocenters. The van der Waals surface area contributed by atoms with Crippen LogP contribution in [-0.2, 0) is 0 Å². The molecule has 0 aliphatic rings. The van der Waals surface area contributed by atoms with E-state index in [0.717, 1.165) is 10.2 Å². The summed E-state index contributed by atoms with van der Waals surface area (Å²) in [5, 5.41) is 11.9. The average molecular weight is 370 g/mol. The Bertz CT molecular complexity index is 1050. The SMILES string of the molecule is Cc1c(C(=O)Nc2nc3ccccc3s2)nnn1-c1ccccc1Cl. The van der Waals surface area contributed by atoms with Gasteiger partial charge in [-0.1, -0.05) is 52.4 Å². The van der Waals surface area contributed by atoms with Crippen molar-refractivity contribution in [2.24, 2.45) is 0 Å². The molecule has 2 aromatic carbocycles. The van der Waals surface area contributed by atoms with E-state index in [2.05, 4.69) is 20.6 Å². The number of carbonyl (C=O) groups is 1. The number of aromatic nitrogens is 4. The molecular formula is C17H12ClN5OS. The molecule has 0 radical (unpaired) electrons. The largest absolute Gasteiger partial charge is 0.296 e. The molecule has 0 bridgehead atoms. The third kappa shape index (κ3) is 2.88. The van der Waals surface area contributed by atoms with E-state index < -0.39 is 0 Å². The molecule has 4 rings (SSSR count). The number of benzene rings is 2. The van der Waals surface area contributed by atoms with Crippen LogP contribution in [-0.4, -0.2) is 25.9 Å². The minimum atomic E-state index is -0.352. The molecule has 1 amide bonds. The fourth-order valence-corrected chi connectivity index (χ4v) is 3.55. The zero-order valence-electron chi connectivity index (χ0n) is 13.1. The second-order valence-electron chi connectivity index (χ2n) is 5.33. The van der Waals surface area contributed by atoms with Crippen LogP contribution in [0.2, 0.25) is 5.02 Å². The Hall–Kier alpha value is -2.77. The highest BCUT2D eigenvalue weighted by atomic mass is 35.5. The Morgan fingerprint density at radius 3 is 2.72 bits per heavy atom. The van der Waals surface area contributed by atoms with Gasteiger partial charge in [-0.25, -0.2) is 9.67 Å². The molecule has 1 N–H and O–H groups in total. The Labute approximate surface area is 152 Å².